The molecular weight excluding hydrogens is 207 g/mol. The number of halogens is 1. The van der Waals surface area contributed by atoms with Crippen molar-refractivity contribution in [2.75, 3.05) is 0 Å². The maximum atomic E-state index is 12.7. The zero-order valence-electron chi connectivity index (χ0n) is 7.35. The van der Waals surface area contributed by atoms with Crippen LogP contribution in [0.2, 0.25) is 0 Å². The molecule has 0 aliphatic rings. The summed E-state index contributed by atoms with van der Waals surface area (Å²) in [5.41, 5.74) is -0.915. The van der Waals surface area contributed by atoms with Crippen LogP contribution in [-0.2, 0) is 4.79 Å². The molecule has 0 radical (unpaired) electrons. The number of aliphatic hydroxyl groups excluding tert-OH is 1. The molecule has 3 N–H and O–H groups in total. The van der Waals surface area contributed by atoms with E-state index in [4.69, 9.17) is 15.3 Å². The molecule has 0 spiro atoms. The first-order valence-electron chi connectivity index (χ1n) is 3.87. The quantitative estimate of drug-likeness (QED) is 0.686. The molecule has 1 aromatic carbocycles. The molecule has 0 aliphatic heterocycles. The van der Waals surface area contributed by atoms with Crippen molar-refractivity contribution in [2.45, 2.75) is 6.10 Å². The highest BCUT2D eigenvalue weighted by atomic mass is 19.1. The zero-order valence-corrected chi connectivity index (χ0v) is 7.35. The fraction of sp³-hybridized carbons (Fsp3) is 0.111. The van der Waals surface area contributed by atoms with E-state index in [2.05, 4.69) is 0 Å². The largest absolute Gasteiger partial charge is 0.479 e. The van der Waals surface area contributed by atoms with Crippen LogP contribution in [0.25, 0.3) is 0 Å². The Morgan fingerprint density at radius 1 is 1.27 bits per heavy atom. The first-order valence-corrected chi connectivity index (χ1v) is 3.87. The number of aromatic carboxylic acids is 1. The molecule has 0 saturated carbocycles. The van der Waals surface area contributed by atoms with Gasteiger partial charge in [0.25, 0.3) is 0 Å². The van der Waals surface area contributed by atoms with E-state index < -0.39 is 29.4 Å². The van der Waals surface area contributed by atoms with Crippen LogP contribution in [0.15, 0.2) is 18.2 Å². The fourth-order valence-electron chi connectivity index (χ4n) is 1.09. The number of aliphatic hydroxyl groups is 1. The van der Waals surface area contributed by atoms with E-state index in [-0.39, 0.29) is 5.56 Å². The highest BCUT2D eigenvalue weighted by Crippen LogP contribution is 2.19. The molecule has 1 aromatic rings. The minimum atomic E-state index is -1.98. The van der Waals surface area contributed by atoms with Crippen molar-refractivity contribution < 1.29 is 29.3 Å². The number of benzene rings is 1. The van der Waals surface area contributed by atoms with Crippen LogP contribution in [-0.4, -0.2) is 27.3 Å². The van der Waals surface area contributed by atoms with Gasteiger partial charge in [0.2, 0.25) is 0 Å². The van der Waals surface area contributed by atoms with Crippen LogP contribution in [0.3, 0.4) is 0 Å². The molecule has 0 bridgehead atoms. The highest BCUT2D eigenvalue weighted by Gasteiger charge is 2.22. The summed E-state index contributed by atoms with van der Waals surface area (Å²) in [5.74, 6) is -3.90. The van der Waals surface area contributed by atoms with Crippen LogP contribution in [0.5, 0.6) is 0 Å². The van der Waals surface area contributed by atoms with Crippen molar-refractivity contribution in [2.24, 2.45) is 0 Å². The normalized spacial score (nSPS) is 12.1. The van der Waals surface area contributed by atoms with Crippen molar-refractivity contribution in [1.82, 2.24) is 0 Å². The second-order valence-electron chi connectivity index (χ2n) is 2.78. The Kier molecular flexibility index (Phi) is 3.01. The second kappa shape index (κ2) is 4.05. The third-order valence-electron chi connectivity index (χ3n) is 1.77. The van der Waals surface area contributed by atoms with Crippen LogP contribution in [0.1, 0.15) is 22.0 Å². The van der Waals surface area contributed by atoms with Crippen molar-refractivity contribution in [3.8, 4) is 0 Å². The molecule has 15 heavy (non-hydrogen) atoms. The Hall–Kier alpha value is -1.95. The van der Waals surface area contributed by atoms with Crippen LogP contribution >= 0.6 is 0 Å². The number of carboxylic acids is 2. The average Bonchev–Trinajstić information content (AvgIpc) is 2.16. The van der Waals surface area contributed by atoms with E-state index in [1.54, 1.807) is 0 Å². The number of carbonyl (C=O) groups is 2. The fourth-order valence-corrected chi connectivity index (χ4v) is 1.09. The van der Waals surface area contributed by atoms with Crippen LogP contribution in [0, 0.1) is 5.82 Å². The minimum absolute atomic E-state index is 0.351. The Morgan fingerprint density at radius 2 is 1.87 bits per heavy atom. The van der Waals surface area contributed by atoms with Gasteiger partial charge in [0.15, 0.2) is 6.10 Å². The standard InChI is InChI=1S/C9H7FO5/c10-4-1-2-5(7(11)9(14)15)6(3-4)8(12)13/h1-3,7,11H,(H,12,13)(H,14,15). The first kappa shape index (κ1) is 11.1. The van der Waals surface area contributed by atoms with E-state index in [1.165, 1.54) is 0 Å². The zero-order chi connectivity index (χ0) is 11.6. The number of hydrogen-bond donors (Lipinski definition) is 3. The molecule has 0 aromatic heterocycles. The van der Waals surface area contributed by atoms with Gasteiger partial charge in [-0.2, -0.15) is 0 Å². The van der Waals surface area contributed by atoms with Gasteiger partial charge < -0.3 is 15.3 Å². The second-order valence-corrected chi connectivity index (χ2v) is 2.78. The molecule has 0 amide bonds. The highest BCUT2D eigenvalue weighted by molar-refractivity contribution is 5.91. The molecule has 5 nitrogen and oxygen atoms in total. The topological polar surface area (TPSA) is 94.8 Å². The summed E-state index contributed by atoms with van der Waals surface area (Å²) in [4.78, 5) is 21.1. The Labute approximate surface area is 83.4 Å². The number of hydrogen-bond acceptors (Lipinski definition) is 3. The molecule has 6 heteroatoms. The van der Waals surface area contributed by atoms with Gasteiger partial charge in [-0.05, 0) is 12.1 Å². The predicted molar refractivity (Wildman–Crippen MR) is 46.0 cm³/mol. The summed E-state index contributed by atoms with van der Waals surface area (Å²) in [5, 5.41) is 26.3. The lowest BCUT2D eigenvalue weighted by atomic mass is 10.0. The van der Waals surface area contributed by atoms with Gasteiger partial charge in [-0.1, -0.05) is 6.07 Å². The summed E-state index contributed by atoms with van der Waals surface area (Å²) in [6, 6.07) is 2.47. The van der Waals surface area contributed by atoms with Gasteiger partial charge in [-0.25, -0.2) is 14.0 Å². The van der Waals surface area contributed by atoms with E-state index in [9.17, 15) is 14.0 Å². The van der Waals surface area contributed by atoms with Crippen LogP contribution in [0.4, 0.5) is 4.39 Å². The van der Waals surface area contributed by atoms with Crippen molar-refractivity contribution in [1.29, 1.82) is 0 Å². The molecular formula is C9H7FO5. The molecule has 80 valence electrons. The summed E-state index contributed by atoms with van der Waals surface area (Å²) >= 11 is 0. The van der Waals surface area contributed by atoms with E-state index in [0.717, 1.165) is 12.1 Å². The van der Waals surface area contributed by atoms with E-state index in [0.29, 0.717) is 6.07 Å². The summed E-state index contributed by atoms with van der Waals surface area (Å²) in [6.07, 6.45) is -1.98. The van der Waals surface area contributed by atoms with Gasteiger partial charge >= 0.3 is 11.9 Å². The SMILES string of the molecule is O=C(O)c1cc(F)ccc1C(O)C(=O)O. The lowest BCUT2D eigenvalue weighted by molar-refractivity contribution is -0.146. The van der Waals surface area contributed by atoms with Gasteiger partial charge in [0.05, 0.1) is 5.56 Å². The third kappa shape index (κ3) is 2.29. The molecule has 0 saturated heterocycles. The van der Waals surface area contributed by atoms with E-state index >= 15 is 0 Å². The number of carboxylic acid groups (broad SMARTS) is 2. The minimum Gasteiger partial charge on any atom is -0.479 e. The predicted octanol–water partition coefficient (Wildman–Crippen LogP) is 0.642. The van der Waals surface area contributed by atoms with Gasteiger partial charge in [0.1, 0.15) is 5.82 Å². The maximum Gasteiger partial charge on any atom is 0.337 e. The lowest BCUT2D eigenvalue weighted by Gasteiger charge is -2.08. The van der Waals surface area contributed by atoms with Gasteiger partial charge in [-0.3, -0.25) is 0 Å². The Balaban J connectivity index is 3.28. The van der Waals surface area contributed by atoms with E-state index in [1.807, 2.05) is 0 Å². The van der Waals surface area contributed by atoms with Crippen molar-refractivity contribution in [3.63, 3.8) is 0 Å². The molecule has 0 heterocycles. The van der Waals surface area contributed by atoms with Crippen LogP contribution < -0.4 is 0 Å². The molecule has 1 rings (SSSR count). The number of aliphatic carboxylic acids is 1. The summed E-state index contributed by atoms with van der Waals surface area (Å²) in [6.45, 7) is 0. The first-order chi connectivity index (χ1) is 6.93. The maximum absolute atomic E-state index is 12.7. The molecule has 1 unspecified atom stereocenters. The summed E-state index contributed by atoms with van der Waals surface area (Å²) < 4.78 is 12.7. The molecule has 0 fully saturated rings. The number of rotatable bonds is 3. The average molecular weight is 214 g/mol. The Bertz CT molecular complexity index is 415. The third-order valence-corrected chi connectivity index (χ3v) is 1.77. The summed E-state index contributed by atoms with van der Waals surface area (Å²) in [7, 11) is 0. The van der Waals surface area contributed by atoms with Crippen molar-refractivity contribution >= 4 is 11.9 Å². The smallest absolute Gasteiger partial charge is 0.337 e. The van der Waals surface area contributed by atoms with Gasteiger partial charge in [0, 0.05) is 5.56 Å². The monoisotopic (exact) mass is 214 g/mol. The van der Waals surface area contributed by atoms with Gasteiger partial charge in [-0.15, -0.1) is 0 Å². The molecule has 1 atom stereocenters. The Morgan fingerprint density at radius 3 is 2.33 bits per heavy atom. The lowest BCUT2D eigenvalue weighted by Crippen LogP contribution is -2.15. The van der Waals surface area contributed by atoms with Crippen molar-refractivity contribution in [3.05, 3.63) is 35.1 Å². The molecule has 0 aliphatic carbocycles.